The van der Waals surface area contributed by atoms with Crippen LogP contribution >= 0.6 is 0 Å². The molecule has 0 aliphatic carbocycles. The van der Waals surface area contributed by atoms with E-state index in [1.165, 1.54) is 0 Å². The Bertz CT molecular complexity index is 151. The molecule has 2 bridgehead atoms. The van der Waals surface area contributed by atoms with Crippen LogP contribution in [-0.4, -0.2) is 35.9 Å². The fourth-order valence-corrected chi connectivity index (χ4v) is 1.96. The normalized spacial score (nSPS) is 53.4. The molecule has 0 aromatic rings. The van der Waals surface area contributed by atoms with Crippen LogP contribution in [0.25, 0.3) is 0 Å². The van der Waals surface area contributed by atoms with E-state index in [0.717, 1.165) is 19.5 Å². The lowest BCUT2D eigenvalue weighted by atomic mass is 9.98. The van der Waals surface area contributed by atoms with Crippen molar-refractivity contribution in [3.63, 3.8) is 0 Å². The van der Waals surface area contributed by atoms with Gasteiger partial charge in [-0.15, -0.1) is 0 Å². The van der Waals surface area contributed by atoms with E-state index < -0.39 is 0 Å². The summed E-state index contributed by atoms with van der Waals surface area (Å²) in [6, 6.07) is 0.494. The van der Waals surface area contributed by atoms with Crippen LogP contribution in [0.15, 0.2) is 0 Å². The van der Waals surface area contributed by atoms with Crippen molar-refractivity contribution in [1.29, 1.82) is 0 Å². The topological polar surface area (TPSA) is 44.3 Å². The SMILES string of the molecule is CC12CNCC(CC1O)N2. The first-order chi connectivity index (χ1) is 4.71. The van der Waals surface area contributed by atoms with E-state index in [4.69, 9.17) is 0 Å². The number of hydrogen-bond acceptors (Lipinski definition) is 3. The minimum Gasteiger partial charge on any atom is -0.391 e. The maximum absolute atomic E-state index is 9.56. The van der Waals surface area contributed by atoms with E-state index in [-0.39, 0.29) is 11.6 Å². The van der Waals surface area contributed by atoms with Crippen LogP contribution in [0.2, 0.25) is 0 Å². The van der Waals surface area contributed by atoms with E-state index >= 15 is 0 Å². The second kappa shape index (κ2) is 1.94. The van der Waals surface area contributed by atoms with Gasteiger partial charge in [-0.3, -0.25) is 0 Å². The number of nitrogens with one attached hydrogen (secondary N) is 2. The maximum atomic E-state index is 9.56. The van der Waals surface area contributed by atoms with E-state index in [0.29, 0.717) is 6.04 Å². The Balaban J connectivity index is 2.18. The third-order valence-electron chi connectivity index (χ3n) is 2.66. The molecule has 2 heterocycles. The predicted molar refractivity (Wildman–Crippen MR) is 38.8 cm³/mol. The van der Waals surface area contributed by atoms with Gasteiger partial charge in [0.15, 0.2) is 0 Å². The summed E-state index contributed by atoms with van der Waals surface area (Å²) >= 11 is 0. The standard InChI is InChI=1S/C7H14N2O/c1-7-4-8-3-5(9-7)2-6(7)10/h5-6,8-10H,2-4H2,1H3. The van der Waals surface area contributed by atoms with E-state index in [2.05, 4.69) is 17.6 Å². The lowest BCUT2D eigenvalue weighted by Gasteiger charge is -2.33. The van der Waals surface area contributed by atoms with Gasteiger partial charge in [0, 0.05) is 19.1 Å². The highest BCUT2D eigenvalue weighted by molar-refractivity contribution is 5.06. The lowest BCUT2D eigenvalue weighted by Crippen LogP contribution is -2.59. The molecule has 3 atom stereocenters. The average molecular weight is 142 g/mol. The molecule has 3 N–H and O–H groups in total. The van der Waals surface area contributed by atoms with E-state index in [1.807, 2.05) is 0 Å². The zero-order chi connectivity index (χ0) is 7.19. The van der Waals surface area contributed by atoms with Crippen molar-refractivity contribution in [2.75, 3.05) is 13.1 Å². The van der Waals surface area contributed by atoms with E-state index in [1.54, 1.807) is 0 Å². The fraction of sp³-hybridized carbons (Fsp3) is 1.00. The van der Waals surface area contributed by atoms with Crippen LogP contribution in [0.1, 0.15) is 13.3 Å². The predicted octanol–water partition coefficient (Wildman–Crippen LogP) is -0.929. The number of aliphatic hydroxyl groups excluding tert-OH is 1. The first-order valence-electron chi connectivity index (χ1n) is 3.87. The summed E-state index contributed by atoms with van der Waals surface area (Å²) in [5.41, 5.74) is -0.0527. The Hall–Kier alpha value is -0.120. The number of rotatable bonds is 0. The summed E-state index contributed by atoms with van der Waals surface area (Å²) in [7, 11) is 0. The van der Waals surface area contributed by atoms with Gasteiger partial charge in [-0.05, 0) is 13.3 Å². The van der Waals surface area contributed by atoms with Gasteiger partial charge < -0.3 is 15.7 Å². The molecule has 10 heavy (non-hydrogen) atoms. The van der Waals surface area contributed by atoms with Gasteiger partial charge >= 0.3 is 0 Å². The molecule has 2 fully saturated rings. The largest absolute Gasteiger partial charge is 0.391 e. The van der Waals surface area contributed by atoms with Gasteiger partial charge in [0.05, 0.1) is 11.6 Å². The van der Waals surface area contributed by atoms with Crippen molar-refractivity contribution >= 4 is 0 Å². The lowest BCUT2D eigenvalue weighted by molar-refractivity contribution is 0.107. The van der Waals surface area contributed by atoms with Gasteiger partial charge in [0.1, 0.15) is 0 Å². The van der Waals surface area contributed by atoms with Crippen LogP contribution in [0.3, 0.4) is 0 Å². The van der Waals surface area contributed by atoms with Crippen molar-refractivity contribution in [3.05, 3.63) is 0 Å². The molecule has 2 aliphatic heterocycles. The minimum absolute atomic E-state index is 0.0527. The molecule has 0 radical (unpaired) electrons. The first-order valence-corrected chi connectivity index (χ1v) is 3.87. The monoisotopic (exact) mass is 142 g/mol. The minimum atomic E-state index is -0.160. The van der Waals surface area contributed by atoms with Gasteiger partial charge in [-0.1, -0.05) is 0 Å². The molecule has 0 saturated carbocycles. The molecule has 0 aromatic carbocycles. The maximum Gasteiger partial charge on any atom is 0.0746 e. The Morgan fingerprint density at radius 3 is 3.00 bits per heavy atom. The molecule has 2 rings (SSSR count). The van der Waals surface area contributed by atoms with Crippen LogP contribution < -0.4 is 10.6 Å². The number of aliphatic hydroxyl groups is 1. The number of hydrogen-bond donors (Lipinski definition) is 3. The smallest absolute Gasteiger partial charge is 0.0746 e. The summed E-state index contributed by atoms with van der Waals surface area (Å²) in [6.07, 6.45) is 0.747. The molecule has 3 nitrogen and oxygen atoms in total. The molecule has 58 valence electrons. The quantitative estimate of drug-likeness (QED) is 0.409. The third kappa shape index (κ3) is 0.779. The highest BCUT2D eigenvalue weighted by Gasteiger charge is 2.44. The van der Waals surface area contributed by atoms with E-state index in [9.17, 15) is 5.11 Å². The summed E-state index contributed by atoms with van der Waals surface area (Å²) in [5, 5.41) is 16.3. The van der Waals surface area contributed by atoms with Crippen molar-refractivity contribution in [3.8, 4) is 0 Å². The molecular formula is C7H14N2O. The summed E-state index contributed by atoms with van der Waals surface area (Å²) in [5.74, 6) is 0. The van der Waals surface area contributed by atoms with Crippen molar-refractivity contribution < 1.29 is 5.11 Å². The van der Waals surface area contributed by atoms with Crippen LogP contribution in [0.4, 0.5) is 0 Å². The van der Waals surface area contributed by atoms with Crippen molar-refractivity contribution in [2.45, 2.75) is 31.0 Å². The molecule has 0 aromatic heterocycles. The molecule has 0 amide bonds. The summed E-state index contributed by atoms with van der Waals surface area (Å²) < 4.78 is 0. The highest BCUT2D eigenvalue weighted by Crippen LogP contribution is 2.25. The second-order valence-electron chi connectivity index (χ2n) is 3.64. The Morgan fingerprint density at radius 2 is 2.40 bits per heavy atom. The number of fused-ring (bicyclic) bond motifs is 2. The molecular weight excluding hydrogens is 128 g/mol. The fourth-order valence-electron chi connectivity index (χ4n) is 1.96. The zero-order valence-electron chi connectivity index (χ0n) is 6.22. The van der Waals surface area contributed by atoms with Crippen LogP contribution in [0, 0.1) is 0 Å². The van der Waals surface area contributed by atoms with Crippen LogP contribution in [0.5, 0.6) is 0 Å². The van der Waals surface area contributed by atoms with Crippen molar-refractivity contribution in [1.82, 2.24) is 10.6 Å². The highest BCUT2D eigenvalue weighted by atomic mass is 16.3. The first kappa shape index (κ1) is 6.58. The third-order valence-corrected chi connectivity index (χ3v) is 2.66. The summed E-state index contributed by atoms with van der Waals surface area (Å²) in [6.45, 7) is 3.97. The molecule has 2 saturated heterocycles. The van der Waals surface area contributed by atoms with Gasteiger partial charge in [-0.25, -0.2) is 0 Å². The second-order valence-corrected chi connectivity index (χ2v) is 3.64. The summed E-state index contributed by atoms with van der Waals surface area (Å²) in [4.78, 5) is 0. The Kier molecular flexibility index (Phi) is 1.27. The molecule has 3 unspecified atom stereocenters. The molecule has 2 aliphatic rings. The molecule has 3 heteroatoms. The number of piperazine rings is 1. The Labute approximate surface area is 60.8 Å². The van der Waals surface area contributed by atoms with Crippen molar-refractivity contribution in [2.24, 2.45) is 0 Å². The van der Waals surface area contributed by atoms with Gasteiger partial charge in [0.25, 0.3) is 0 Å². The van der Waals surface area contributed by atoms with Gasteiger partial charge in [-0.2, -0.15) is 0 Å². The zero-order valence-corrected chi connectivity index (χ0v) is 6.22. The molecule has 0 spiro atoms. The Morgan fingerprint density at radius 1 is 1.60 bits per heavy atom. The average Bonchev–Trinajstić information content (AvgIpc) is 2.04. The van der Waals surface area contributed by atoms with Crippen LogP contribution in [-0.2, 0) is 0 Å². The van der Waals surface area contributed by atoms with Gasteiger partial charge in [0.2, 0.25) is 0 Å².